The van der Waals surface area contributed by atoms with Crippen LogP contribution in [0, 0.1) is 10.8 Å². The first-order valence-corrected chi connectivity index (χ1v) is 13.5. The third-order valence-corrected chi connectivity index (χ3v) is 6.97. The summed E-state index contributed by atoms with van der Waals surface area (Å²) in [5, 5.41) is 10.7. The number of rotatable bonds is 11. The number of carbonyl (C=O) groups is 2. The molecule has 1 aliphatic heterocycles. The molecule has 0 radical (unpaired) electrons. The topological polar surface area (TPSA) is 182 Å². The largest absolute Gasteiger partial charge is 0.480 e. The van der Waals surface area contributed by atoms with Gasteiger partial charge in [0.2, 0.25) is 13.6 Å². The van der Waals surface area contributed by atoms with Gasteiger partial charge < -0.3 is 19.3 Å². The number of H-pyrrole nitrogens is 1. The third-order valence-electron chi connectivity index (χ3n) is 5.69. The molecule has 1 aromatic rings. The molecule has 0 amide bonds. The van der Waals surface area contributed by atoms with Crippen molar-refractivity contribution in [2.45, 2.75) is 79.0 Å². The Kier molecular flexibility index (Phi) is 10.4. The van der Waals surface area contributed by atoms with Gasteiger partial charge in [-0.3, -0.25) is 28.5 Å². The Balaban J connectivity index is 2.22. The molecule has 0 bridgehead atoms. The van der Waals surface area contributed by atoms with Crippen LogP contribution in [-0.2, 0) is 41.9 Å². The maximum Gasteiger partial charge on any atom is 0.480 e. The van der Waals surface area contributed by atoms with E-state index in [0.29, 0.717) is 0 Å². The lowest BCUT2D eigenvalue weighted by Gasteiger charge is -2.31. The van der Waals surface area contributed by atoms with E-state index in [1.165, 1.54) is 6.92 Å². The number of hydrogen-bond donors (Lipinski definition) is 2. The molecule has 1 saturated heterocycles. The number of ether oxygens (including phenoxy) is 3. The van der Waals surface area contributed by atoms with E-state index >= 15 is 4.39 Å². The summed E-state index contributed by atoms with van der Waals surface area (Å²) in [5.41, 5.74) is -5.36. The average molecular weight is 583 g/mol. The van der Waals surface area contributed by atoms with Gasteiger partial charge in [0.25, 0.3) is 5.56 Å². The summed E-state index contributed by atoms with van der Waals surface area (Å²) in [5.74, 6) is -1.38. The maximum absolute atomic E-state index is 15.1. The molecule has 0 spiro atoms. The van der Waals surface area contributed by atoms with E-state index in [2.05, 4.69) is 0 Å². The number of phosphoric acid groups is 1. The zero-order chi connectivity index (χ0) is 29.8. The zero-order valence-electron chi connectivity index (χ0n) is 22.9. The number of phosphoric ester groups is 1. The Morgan fingerprint density at radius 3 is 2.03 bits per heavy atom. The molecule has 16 heteroatoms. The highest BCUT2D eigenvalue weighted by Gasteiger charge is 2.56. The van der Waals surface area contributed by atoms with E-state index in [0.717, 1.165) is 16.8 Å². The fourth-order valence-electron chi connectivity index (χ4n) is 3.20. The van der Waals surface area contributed by atoms with Crippen LogP contribution >= 0.6 is 7.82 Å². The standard InChI is InChI=1S/C23H36FN2O12P/c1-8-23(16(28)15(24)17(38-23)26-10-9-14(27)25-20(26)31)11-35-39(32,36-12-33-18(29)21(2,3)4)37-13-34-19(30)22(5,6)7/h9-10,15-17,28H,8,11-13H2,1-7H3,(H,25,27,31). The molecule has 2 heterocycles. The van der Waals surface area contributed by atoms with Crippen molar-refractivity contribution in [3.05, 3.63) is 33.1 Å². The fraction of sp³-hybridized carbons (Fsp3) is 0.739. The number of aliphatic hydroxyl groups excluding tert-OH is 1. The monoisotopic (exact) mass is 582 g/mol. The SMILES string of the molecule is CCC1(COP(=O)(OCOC(=O)C(C)(C)C)OCOC(=O)C(C)(C)C)OC(n2ccc(=O)[nH]c2=O)C(F)C1O. The summed E-state index contributed by atoms with van der Waals surface area (Å²) < 4.78 is 60.2. The number of nitrogens with one attached hydrogen (secondary N) is 1. The number of aromatic amines is 1. The lowest BCUT2D eigenvalue weighted by Crippen LogP contribution is -2.45. The lowest BCUT2D eigenvalue weighted by atomic mass is 9.94. The molecule has 4 atom stereocenters. The molecule has 1 aromatic heterocycles. The minimum absolute atomic E-state index is 0.0960. The summed E-state index contributed by atoms with van der Waals surface area (Å²) in [6.45, 7) is 8.46. The summed E-state index contributed by atoms with van der Waals surface area (Å²) >= 11 is 0. The van der Waals surface area contributed by atoms with E-state index in [1.54, 1.807) is 41.5 Å². The van der Waals surface area contributed by atoms with Crippen LogP contribution in [0.25, 0.3) is 0 Å². The highest BCUT2D eigenvalue weighted by atomic mass is 31.2. The van der Waals surface area contributed by atoms with Gasteiger partial charge in [0, 0.05) is 12.3 Å². The molecule has 0 aliphatic carbocycles. The van der Waals surface area contributed by atoms with Gasteiger partial charge in [0.05, 0.1) is 17.4 Å². The van der Waals surface area contributed by atoms with Crippen molar-refractivity contribution in [3.8, 4) is 0 Å². The number of halogens is 1. The van der Waals surface area contributed by atoms with Crippen molar-refractivity contribution in [2.75, 3.05) is 20.2 Å². The van der Waals surface area contributed by atoms with E-state index in [1.807, 2.05) is 4.98 Å². The molecule has 2 rings (SSSR count). The minimum atomic E-state index is -4.68. The predicted octanol–water partition coefficient (Wildman–Crippen LogP) is 2.16. The van der Waals surface area contributed by atoms with Crippen LogP contribution in [0.3, 0.4) is 0 Å². The Morgan fingerprint density at radius 2 is 1.59 bits per heavy atom. The number of alkyl halides is 1. The highest BCUT2D eigenvalue weighted by Crippen LogP contribution is 2.52. The van der Waals surface area contributed by atoms with E-state index < -0.39 is 86.1 Å². The first-order chi connectivity index (χ1) is 17.8. The molecule has 0 aromatic carbocycles. The van der Waals surface area contributed by atoms with Gasteiger partial charge in [0.1, 0.15) is 11.7 Å². The molecular weight excluding hydrogens is 546 g/mol. The molecule has 222 valence electrons. The van der Waals surface area contributed by atoms with E-state index in [9.17, 15) is 28.8 Å². The summed E-state index contributed by atoms with van der Waals surface area (Å²) in [7, 11) is -4.68. The number of hydrogen-bond acceptors (Lipinski definition) is 12. The molecule has 14 nitrogen and oxygen atoms in total. The number of esters is 2. The van der Waals surface area contributed by atoms with Crippen LogP contribution in [-0.4, -0.2) is 64.7 Å². The minimum Gasteiger partial charge on any atom is -0.437 e. The maximum atomic E-state index is 15.1. The molecule has 39 heavy (non-hydrogen) atoms. The molecule has 1 fully saturated rings. The van der Waals surface area contributed by atoms with Crippen molar-refractivity contribution in [1.82, 2.24) is 9.55 Å². The Bertz CT molecular complexity index is 1150. The second-order valence-corrected chi connectivity index (χ2v) is 12.6. The predicted molar refractivity (Wildman–Crippen MR) is 132 cm³/mol. The first kappa shape index (κ1) is 32.8. The van der Waals surface area contributed by atoms with Gasteiger partial charge in [-0.15, -0.1) is 0 Å². The normalized spacial score (nSPS) is 24.0. The van der Waals surface area contributed by atoms with Gasteiger partial charge in [-0.05, 0) is 48.0 Å². The molecule has 4 unspecified atom stereocenters. The van der Waals surface area contributed by atoms with Gasteiger partial charge in [-0.1, -0.05) is 6.92 Å². The van der Waals surface area contributed by atoms with Gasteiger partial charge in [-0.2, -0.15) is 0 Å². The summed E-state index contributed by atoms with van der Waals surface area (Å²) in [4.78, 5) is 49.6. The van der Waals surface area contributed by atoms with Crippen molar-refractivity contribution < 1.29 is 51.4 Å². The van der Waals surface area contributed by atoms with Gasteiger partial charge in [-0.25, -0.2) is 22.8 Å². The third kappa shape index (κ3) is 8.29. The van der Waals surface area contributed by atoms with Crippen LogP contribution in [0.1, 0.15) is 61.1 Å². The fourth-order valence-corrected chi connectivity index (χ4v) is 4.16. The second-order valence-electron chi connectivity index (χ2n) is 10.9. The Labute approximate surface area is 224 Å². The Morgan fingerprint density at radius 1 is 1.08 bits per heavy atom. The quantitative estimate of drug-likeness (QED) is 0.221. The number of carbonyl (C=O) groups excluding carboxylic acids is 2. The van der Waals surface area contributed by atoms with Crippen molar-refractivity contribution in [3.63, 3.8) is 0 Å². The smallest absolute Gasteiger partial charge is 0.437 e. The second kappa shape index (κ2) is 12.4. The zero-order valence-corrected chi connectivity index (χ0v) is 23.8. The van der Waals surface area contributed by atoms with Gasteiger partial charge in [0.15, 0.2) is 12.4 Å². The van der Waals surface area contributed by atoms with Crippen LogP contribution in [0.4, 0.5) is 4.39 Å². The molecular formula is C23H36FN2O12P. The molecule has 0 saturated carbocycles. The first-order valence-electron chi connectivity index (χ1n) is 12.0. The van der Waals surface area contributed by atoms with Gasteiger partial charge >= 0.3 is 25.5 Å². The Hall–Kier alpha value is -2.42. The molecule has 2 N–H and O–H groups in total. The summed E-state index contributed by atoms with van der Waals surface area (Å²) in [6, 6.07) is 0.972. The van der Waals surface area contributed by atoms with Crippen LogP contribution in [0.2, 0.25) is 0 Å². The van der Waals surface area contributed by atoms with Crippen molar-refractivity contribution in [2.24, 2.45) is 10.8 Å². The van der Waals surface area contributed by atoms with Crippen molar-refractivity contribution in [1.29, 1.82) is 0 Å². The number of nitrogens with zero attached hydrogens (tertiary/aromatic N) is 1. The molecule has 1 aliphatic rings. The highest BCUT2D eigenvalue weighted by molar-refractivity contribution is 7.48. The number of aromatic nitrogens is 2. The van der Waals surface area contributed by atoms with Crippen molar-refractivity contribution >= 4 is 19.8 Å². The average Bonchev–Trinajstić information content (AvgIpc) is 3.07. The van der Waals surface area contributed by atoms with Crippen LogP contribution < -0.4 is 11.2 Å². The summed E-state index contributed by atoms with van der Waals surface area (Å²) in [6.07, 6.45) is -4.78. The number of aliphatic hydroxyl groups is 1. The van der Waals surface area contributed by atoms with E-state index in [4.69, 9.17) is 27.8 Å². The van der Waals surface area contributed by atoms with Crippen LogP contribution in [0.5, 0.6) is 0 Å². The van der Waals surface area contributed by atoms with Crippen LogP contribution in [0.15, 0.2) is 21.9 Å². The van der Waals surface area contributed by atoms with E-state index in [-0.39, 0.29) is 6.42 Å². The lowest BCUT2D eigenvalue weighted by molar-refractivity contribution is -0.165.